The Morgan fingerprint density at radius 2 is 1.75 bits per heavy atom. The van der Waals surface area contributed by atoms with Gasteiger partial charge < -0.3 is 4.52 Å². The first kappa shape index (κ1) is 23.6. The van der Waals surface area contributed by atoms with Gasteiger partial charge >= 0.3 is 16.1 Å². The van der Waals surface area contributed by atoms with Gasteiger partial charge in [0.05, 0.1) is 13.2 Å². The molecule has 0 aliphatic carbocycles. The zero-order valence-electron chi connectivity index (χ0n) is 14.1. The number of hydrogen-bond acceptors (Lipinski definition) is 8. The van der Waals surface area contributed by atoms with Gasteiger partial charge in [-0.25, -0.2) is 4.98 Å². The number of halogens is 1. The maximum absolute atomic E-state index is 8.95. The van der Waals surface area contributed by atoms with E-state index in [1.54, 1.807) is 6.07 Å². The lowest BCUT2D eigenvalue weighted by atomic mass is 10.2. The Morgan fingerprint density at radius 3 is 2.12 bits per heavy atom. The molecule has 140 valence electrons. The highest BCUT2D eigenvalue weighted by Crippen LogP contribution is 2.49. The molecule has 0 aliphatic rings. The molecular weight excluding hydrogens is 399 g/mol. The summed E-state index contributed by atoms with van der Waals surface area (Å²) in [4.78, 5) is 8.71. The van der Waals surface area contributed by atoms with Crippen LogP contribution in [0.2, 0.25) is 0 Å². The van der Waals surface area contributed by atoms with Gasteiger partial charge in [-0.3, -0.25) is 13.6 Å². The summed E-state index contributed by atoms with van der Waals surface area (Å²) in [7, 11) is -0.137. The van der Waals surface area contributed by atoms with E-state index in [1.165, 1.54) is 0 Å². The topological polar surface area (TPSA) is 108 Å². The molecule has 0 aliphatic heterocycles. The summed E-state index contributed by atoms with van der Waals surface area (Å²) in [5.41, 5.74) is 0.836. The molecule has 1 aromatic heterocycles. The highest BCUT2D eigenvalue weighted by molar-refractivity contribution is 8.09. The fourth-order valence-corrected chi connectivity index (χ4v) is 3.38. The second kappa shape index (κ2) is 10.6. The van der Waals surface area contributed by atoms with E-state index in [4.69, 9.17) is 38.3 Å². The van der Waals surface area contributed by atoms with Crippen molar-refractivity contribution in [3.63, 3.8) is 0 Å². The summed E-state index contributed by atoms with van der Waals surface area (Å²) in [5.74, 6) is 1.37. The van der Waals surface area contributed by atoms with Gasteiger partial charge in [0.25, 0.3) is 0 Å². The second-order valence-electron chi connectivity index (χ2n) is 4.65. The lowest BCUT2D eigenvalue weighted by molar-refractivity contribution is 0.215. The molecule has 1 rings (SSSR count). The van der Waals surface area contributed by atoms with Crippen molar-refractivity contribution >= 4 is 38.5 Å². The van der Waals surface area contributed by atoms with E-state index in [9.17, 15) is 0 Å². The summed E-state index contributed by atoms with van der Waals surface area (Å²) < 4.78 is 41.7. The molecule has 12 heteroatoms. The van der Waals surface area contributed by atoms with Crippen molar-refractivity contribution < 1.29 is 26.5 Å². The molecule has 24 heavy (non-hydrogen) atoms. The average molecular weight is 421 g/mol. The van der Waals surface area contributed by atoms with Crippen LogP contribution >= 0.6 is 17.4 Å². The van der Waals surface area contributed by atoms with Crippen molar-refractivity contribution in [2.75, 3.05) is 13.2 Å². The second-order valence-corrected chi connectivity index (χ2v) is 9.58. The molecule has 1 N–H and O–H groups in total. The maximum Gasteiger partial charge on any atom is 0.381 e. The molecule has 8 nitrogen and oxygen atoms in total. The molecule has 0 fully saturated rings. The molecule has 0 saturated carbocycles. The Labute approximate surface area is 152 Å². The summed E-state index contributed by atoms with van der Waals surface area (Å²) in [6, 6.07) is 1.74. The van der Waals surface area contributed by atoms with Crippen molar-refractivity contribution in [3.05, 3.63) is 17.6 Å². The third kappa shape index (κ3) is 11.2. The number of rotatable bonds is 7. The van der Waals surface area contributed by atoms with Gasteiger partial charge in [-0.1, -0.05) is 13.8 Å². The van der Waals surface area contributed by atoms with E-state index in [2.05, 4.69) is 20.7 Å². The van der Waals surface area contributed by atoms with Crippen molar-refractivity contribution in [2.45, 2.75) is 40.5 Å². The van der Waals surface area contributed by atoms with Crippen LogP contribution in [0, 0.1) is 6.92 Å². The monoisotopic (exact) mass is 420 g/mol. The number of nitrogens with zero attached hydrogens (tertiary/aromatic N) is 2. The molecule has 0 radical (unpaired) electrons. The van der Waals surface area contributed by atoms with Crippen molar-refractivity contribution in [2.24, 2.45) is 0 Å². The maximum atomic E-state index is 8.95. The van der Waals surface area contributed by atoms with Crippen LogP contribution in [0.3, 0.4) is 0 Å². The van der Waals surface area contributed by atoms with Crippen LogP contribution < -0.4 is 4.52 Å². The van der Waals surface area contributed by atoms with Gasteiger partial charge in [-0.05, 0) is 20.8 Å². The largest absolute Gasteiger partial charge is 0.406 e. The van der Waals surface area contributed by atoms with Gasteiger partial charge in [0.15, 0.2) is 0 Å². The molecule has 0 bridgehead atoms. The molecule has 1 aromatic rings. The average Bonchev–Trinajstić information content (AvgIpc) is 2.35. The quantitative estimate of drug-likeness (QED) is 0.402. The van der Waals surface area contributed by atoms with E-state index in [0.29, 0.717) is 19.1 Å². The third-order valence-corrected chi connectivity index (χ3v) is 4.56. The summed E-state index contributed by atoms with van der Waals surface area (Å²) in [5, 5.41) is 0. The molecule has 1 heterocycles. The van der Waals surface area contributed by atoms with Crippen molar-refractivity contribution in [1.29, 1.82) is 0 Å². The lowest BCUT2D eigenvalue weighted by Gasteiger charge is -2.20. The van der Waals surface area contributed by atoms with E-state index in [0.717, 1.165) is 11.5 Å². The van der Waals surface area contributed by atoms with Crippen molar-refractivity contribution in [3.8, 4) is 5.88 Å². The summed E-state index contributed by atoms with van der Waals surface area (Å²) >= 11 is 5.32. The van der Waals surface area contributed by atoms with E-state index in [-0.39, 0.29) is 5.92 Å². The van der Waals surface area contributed by atoms with Gasteiger partial charge in [-0.2, -0.15) is 13.4 Å². The lowest BCUT2D eigenvalue weighted by Crippen LogP contribution is -2.06. The van der Waals surface area contributed by atoms with Gasteiger partial charge in [0.1, 0.15) is 5.82 Å². The van der Waals surface area contributed by atoms with Crippen LogP contribution in [0.1, 0.15) is 45.1 Å². The van der Waals surface area contributed by atoms with Crippen LogP contribution in [0.15, 0.2) is 6.07 Å². The zero-order valence-corrected chi connectivity index (χ0v) is 17.4. The summed E-state index contributed by atoms with van der Waals surface area (Å²) in [6.07, 6.45) is 0. The van der Waals surface area contributed by atoms with Crippen LogP contribution in [0.4, 0.5) is 0 Å². The predicted octanol–water partition coefficient (Wildman–Crippen LogP) is 3.61. The molecule has 0 saturated heterocycles. The fourth-order valence-electron chi connectivity index (χ4n) is 1.39. The Hall–Kier alpha value is -0.350. The standard InChI is InChI=1S/C12H21N2O3PS.ClHO3S/c1-6-15-18(19,16-7-2)17-11-8-10(5)13-12(14-11)9(3)4;1-5(2,3)4/h8-9H,6-7H2,1-5H3;(H,2,3,4). The SMILES string of the molecule is CCOP(=S)(OCC)Oc1cc(C)nc(C(C)C)n1.O=S(=O)(O)Cl. The number of aryl methyl sites for hydroxylation is 1. The molecule has 0 spiro atoms. The number of aromatic nitrogens is 2. The normalized spacial score (nSPS) is 11.8. The highest BCUT2D eigenvalue weighted by atomic mass is 35.7. The van der Waals surface area contributed by atoms with E-state index in [1.807, 2.05) is 34.6 Å². The molecule has 0 aromatic carbocycles. The minimum atomic E-state index is -4.19. The van der Waals surface area contributed by atoms with E-state index >= 15 is 0 Å². The third-order valence-electron chi connectivity index (χ3n) is 2.14. The Kier molecular flexibility index (Phi) is 10.4. The molecular formula is C12H22ClN2O6PS2. The van der Waals surface area contributed by atoms with Crippen LogP contribution in [-0.4, -0.2) is 36.2 Å². The fraction of sp³-hybridized carbons (Fsp3) is 0.667. The van der Waals surface area contributed by atoms with Gasteiger partial charge in [-0.15, -0.1) is 0 Å². The predicted molar refractivity (Wildman–Crippen MR) is 96.4 cm³/mol. The van der Waals surface area contributed by atoms with Gasteiger partial charge in [0.2, 0.25) is 5.88 Å². The Bertz CT molecular complexity index is 654. The molecule has 0 unspecified atom stereocenters. The molecule has 0 atom stereocenters. The highest BCUT2D eigenvalue weighted by Gasteiger charge is 2.22. The van der Waals surface area contributed by atoms with Gasteiger partial charge in [0, 0.05) is 40.2 Å². The Morgan fingerprint density at radius 1 is 1.29 bits per heavy atom. The van der Waals surface area contributed by atoms with Crippen molar-refractivity contribution in [1.82, 2.24) is 9.97 Å². The molecule has 0 amide bonds. The summed E-state index contributed by atoms with van der Waals surface area (Å²) in [6.45, 7) is 7.78. The zero-order chi connectivity index (χ0) is 19.0. The Balaban J connectivity index is 0.000000922. The van der Waals surface area contributed by atoms with Crippen LogP contribution in [-0.2, 0) is 30.2 Å². The first-order valence-electron chi connectivity index (χ1n) is 7.01. The first-order chi connectivity index (χ1) is 10.9. The minimum absolute atomic E-state index is 0.222. The van der Waals surface area contributed by atoms with E-state index < -0.39 is 16.1 Å². The van der Waals surface area contributed by atoms with Crippen LogP contribution in [0.25, 0.3) is 0 Å². The van der Waals surface area contributed by atoms with Crippen LogP contribution in [0.5, 0.6) is 5.88 Å². The minimum Gasteiger partial charge on any atom is -0.406 e. The number of hydrogen-bond donors (Lipinski definition) is 1. The smallest absolute Gasteiger partial charge is 0.381 e. The first-order valence-corrected chi connectivity index (χ1v) is 11.8.